The normalized spacial score (nSPS) is 21.1. The van der Waals surface area contributed by atoms with Crippen LogP contribution in [-0.2, 0) is 18.0 Å². The fourth-order valence-electron chi connectivity index (χ4n) is 7.78. The number of aromatic nitrogens is 2. The van der Waals surface area contributed by atoms with Gasteiger partial charge in [0.15, 0.2) is 0 Å². The number of nitrogens with zero attached hydrogens (tertiary/aromatic N) is 4. The van der Waals surface area contributed by atoms with Gasteiger partial charge in [-0.15, -0.1) is 11.3 Å². The number of aryl methyl sites for hydroxylation is 1. The van der Waals surface area contributed by atoms with E-state index in [1.807, 2.05) is 6.92 Å². The highest BCUT2D eigenvalue weighted by molar-refractivity contribution is 7.80. The zero-order valence-corrected chi connectivity index (χ0v) is 27.8. The van der Waals surface area contributed by atoms with Gasteiger partial charge in [-0.25, -0.2) is 4.39 Å². The van der Waals surface area contributed by atoms with E-state index in [1.54, 1.807) is 19.1 Å². The van der Waals surface area contributed by atoms with Crippen molar-refractivity contribution in [3.05, 3.63) is 52.0 Å². The average molecular weight is 658 g/mol. The van der Waals surface area contributed by atoms with Crippen LogP contribution in [0.2, 0.25) is 0 Å². The number of allylic oxidation sites excluding steroid dienone is 1. The number of nitrogen functional groups attached to an aromatic ring is 1. The Morgan fingerprint density at radius 1 is 1.33 bits per heavy atom. The topological polar surface area (TPSA) is 135 Å². The second kappa shape index (κ2) is 11.7. The first-order chi connectivity index (χ1) is 22.1. The number of thiocarbonyl (C=S) groups is 1. The Morgan fingerprint density at radius 3 is 2.91 bits per heavy atom. The molecule has 9 nitrogen and oxygen atoms in total. The van der Waals surface area contributed by atoms with Gasteiger partial charge in [0.1, 0.15) is 29.3 Å². The Balaban J connectivity index is 1.41. The minimum Gasteiger partial charge on any atom is -0.461 e. The van der Waals surface area contributed by atoms with Gasteiger partial charge in [0.05, 0.1) is 41.1 Å². The number of rotatable bonds is 8. The molecule has 4 aromatic rings. The van der Waals surface area contributed by atoms with E-state index >= 15 is 4.39 Å². The second-order valence-corrected chi connectivity index (χ2v) is 14.4. The summed E-state index contributed by atoms with van der Waals surface area (Å²) in [7, 11) is 0. The minimum absolute atomic E-state index is 0.00534. The second-order valence-electron chi connectivity index (χ2n) is 12.9. The molecule has 2 unspecified atom stereocenters. The zero-order chi connectivity index (χ0) is 32.3. The lowest BCUT2D eigenvalue weighted by Crippen LogP contribution is -2.43. The summed E-state index contributed by atoms with van der Waals surface area (Å²) in [6.45, 7) is 9.82. The highest BCUT2D eigenvalue weighted by Gasteiger charge is 2.47. The van der Waals surface area contributed by atoms with Gasteiger partial charge in [0.2, 0.25) is 0 Å². The number of nitrogens with one attached hydrogen (secondary N) is 1. The quantitative estimate of drug-likeness (QED) is 0.146. The van der Waals surface area contributed by atoms with E-state index < -0.39 is 5.82 Å². The molecule has 3 aliphatic rings. The van der Waals surface area contributed by atoms with E-state index in [4.69, 9.17) is 43.1 Å². The first-order valence-electron chi connectivity index (χ1n) is 15.5. The first-order valence-corrected chi connectivity index (χ1v) is 16.8. The molecule has 0 spiro atoms. The van der Waals surface area contributed by atoms with Crippen molar-refractivity contribution < 1.29 is 13.9 Å². The van der Waals surface area contributed by atoms with Crippen molar-refractivity contribution in [1.29, 1.82) is 5.26 Å². The predicted octanol–water partition coefficient (Wildman–Crippen LogP) is 6.34. The number of thiophene rings is 1. The van der Waals surface area contributed by atoms with Gasteiger partial charge >= 0.3 is 6.01 Å². The van der Waals surface area contributed by atoms with Crippen molar-refractivity contribution in [3.63, 3.8) is 0 Å². The van der Waals surface area contributed by atoms with E-state index in [2.05, 4.69) is 23.2 Å². The highest BCUT2D eigenvalue weighted by atomic mass is 32.1. The van der Waals surface area contributed by atoms with Gasteiger partial charge in [-0.1, -0.05) is 25.2 Å². The van der Waals surface area contributed by atoms with E-state index in [-0.39, 0.29) is 17.1 Å². The third kappa shape index (κ3) is 5.06. The molecule has 12 heteroatoms. The third-order valence-corrected chi connectivity index (χ3v) is 10.9. The van der Waals surface area contributed by atoms with Gasteiger partial charge < -0.3 is 26.3 Å². The number of nitriles is 1. The van der Waals surface area contributed by atoms with E-state index in [9.17, 15) is 5.26 Å². The molecular formula is C34H36FN7O2S2. The molecule has 3 aliphatic heterocycles. The molecule has 0 aliphatic carbocycles. The summed E-state index contributed by atoms with van der Waals surface area (Å²) < 4.78 is 28.0. The Kier molecular flexibility index (Phi) is 7.84. The van der Waals surface area contributed by atoms with Crippen LogP contribution in [0.4, 0.5) is 15.2 Å². The smallest absolute Gasteiger partial charge is 0.319 e. The van der Waals surface area contributed by atoms with Crippen LogP contribution in [0.15, 0.2) is 23.9 Å². The Labute approximate surface area is 276 Å². The summed E-state index contributed by atoms with van der Waals surface area (Å²) in [6, 6.07) is 5.65. The SMILES string of the molecule is C/C(N)=C/C(=S)CNc1nc(OCC23CCCN2CC(C)C3)nc2c(C)c(-c3ccc(F)c4sc(N)c(C#N)c34)c3c(c12)COC3. The Hall–Kier alpha value is -3.89. The molecular weight excluding hydrogens is 622 g/mol. The standard InChI is InChI=1S/C34H36FN7O2S2/c1-17-10-34(7-4-8-42(34)13-17)16-44-33-40-29-19(3)26(21-5-6-25(35)30-27(21)22(11-36)31(38)46-30)23-14-43-15-24(23)28(29)32(41-33)39-12-20(45)9-18(2)37/h5-6,9,17H,4,7-8,10,12-16,37-38H2,1-3H3,(H,39,40,41)/b18-9-. The number of anilines is 2. The fraction of sp³-hybridized carbons (Fsp3) is 0.412. The van der Waals surface area contributed by atoms with Crippen molar-refractivity contribution in [2.24, 2.45) is 11.7 Å². The number of halogens is 1. The lowest BCUT2D eigenvalue weighted by molar-refractivity contribution is 0.108. The molecule has 0 amide bonds. The van der Waals surface area contributed by atoms with Gasteiger partial charge in [0.25, 0.3) is 0 Å². The van der Waals surface area contributed by atoms with Gasteiger partial charge in [-0.2, -0.15) is 15.2 Å². The first kappa shape index (κ1) is 30.7. The monoisotopic (exact) mass is 657 g/mol. The van der Waals surface area contributed by atoms with Crippen molar-refractivity contribution >= 4 is 60.2 Å². The summed E-state index contributed by atoms with van der Waals surface area (Å²) in [5.74, 6) is 0.805. The number of hydrogen-bond donors (Lipinski definition) is 3. The molecule has 0 bridgehead atoms. The summed E-state index contributed by atoms with van der Waals surface area (Å²) in [5.41, 5.74) is 18.0. The zero-order valence-electron chi connectivity index (χ0n) is 26.1. The molecule has 0 radical (unpaired) electrons. The van der Waals surface area contributed by atoms with Crippen LogP contribution in [-0.4, -0.2) is 51.5 Å². The van der Waals surface area contributed by atoms with Gasteiger partial charge in [-0.3, -0.25) is 4.90 Å². The van der Waals surface area contributed by atoms with Gasteiger partial charge in [-0.05, 0) is 85.5 Å². The molecule has 5 heterocycles. The molecule has 2 aromatic heterocycles. The Morgan fingerprint density at radius 2 is 2.13 bits per heavy atom. The van der Waals surface area contributed by atoms with Crippen LogP contribution in [0, 0.1) is 30.0 Å². The molecule has 2 atom stereocenters. The third-order valence-electron chi connectivity index (χ3n) is 9.57. The highest BCUT2D eigenvalue weighted by Crippen LogP contribution is 2.48. The maximum atomic E-state index is 15.1. The van der Waals surface area contributed by atoms with Gasteiger partial charge in [0, 0.05) is 27.9 Å². The molecule has 2 aromatic carbocycles. The molecule has 46 heavy (non-hydrogen) atoms. The lowest BCUT2D eigenvalue weighted by atomic mass is 9.87. The molecule has 5 N–H and O–H groups in total. The van der Waals surface area contributed by atoms with E-state index in [0.717, 1.165) is 76.9 Å². The van der Waals surface area contributed by atoms with Crippen LogP contribution >= 0.6 is 23.6 Å². The van der Waals surface area contributed by atoms with Crippen LogP contribution in [0.3, 0.4) is 0 Å². The summed E-state index contributed by atoms with van der Waals surface area (Å²) in [5, 5.41) is 15.1. The maximum absolute atomic E-state index is 15.1. The molecule has 7 rings (SSSR count). The fourth-order valence-corrected chi connectivity index (χ4v) is 8.99. The minimum atomic E-state index is -0.410. The van der Waals surface area contributed by atoms with Crippen LogP contribution in [0.5, 0.6) is 6.01 Å². The predicted molar refractivity (Wildman–Crippen MR) is 185 cm³/mol. The van der Waals surface area contributed by atoms with Crippen LogP contribution < -0.4 is 21.5 Å². The summed E-state index contributed by atoms with van der Waals surface area (Å²) in [4.78, 5) is 13.2. The lowest BCUT2D eigenvalue weighted by Gasteiger charge is -2.31. The number of benzene rings is 2. The largest absolute Gasteiger partial charge is 0.461 e. The number of hydrogen-bond acceptors (Lipinski definition) is 11. The van der Waals surface area contributed by atoms with Crippen LogP contribution in [0.25, 0.3) is 32.1 Å². The molecule has 0 saturated carbocycles. The van der Waals surface area contributed by atoms with E-state index in [0.29, 0.717) is 69.3 Å². The summed E-state index contributed by atoms with van der Waals surface area (Å²) in [6.07, 6.45) is 5.10. The van der Waals surface area contributed by atoms with Crippen molar-refractivity contribution in [3.8, 4) is 23.2 Å². The Bertz CT molecular complexity index is 2000. The average Bonchev–Trinajstić information content (AvgIpc) is 3.78. The molecule has 238 valence electrons. The number of fused-ring (bicyclic) bond motifs is 5. The maximum Gasteiger partial charge on any atom is 0.319 e. The van der Waals surface area contributed by atoms with Crippen molar-refractivity contribution in [1.82, 2.24) is 14.9 Å². The van der Waals surface area contributed by atoms with Crippen LogP contribution in [0.1, 0.15) is 55.4 Å². The van der Waals surface area contributed by atoms with Crippen molar-refractivity contribution in [2.45, 2.75) is 58.8 Å². The molecule has 2 fully saturated rings. The van der Waals surface area contributed by atoms with E-state index in [1.165, 1.54) is 6.07 Å². The number of nitrogens with two attached hydrogens (primary N) is 2. The number of ether oxygens (including phenoxy) is 2. The molecule has 2 saturated heterocycles. The van der Waals surface area contributed by atoms with Crippen molar-refractivity contribution in [2.75, 3.05) is 37.3 Å². The summed E-state index contributed by atoms with van der Waals surface area (Å²) >= 11 is 6.66.